The maximum Gasteiger partial charge on any atom is 0.275 e. The van der Waals surface area contributed by atoms with Gasteiger partial charge in [0, 0.05) is 34.4 Å². The van der Waals surface area contributed by atoms with Crippen LogP contribution in [0.1, 0.15) is 12.0 Å². The first-order valence-electron chi connectivity index (χ1n) is 11.0. The monoisotopic (exact) mass is 509 g/mol. The number of thioether (sulfide) groups is 1. The van der Waals surface area contributed by atoms with Crippen LogP contribution in [0.15, 0.2) is 76.0 Å². The van der Waals surface area contributed by atoms with Crippen LogP contribution >= 0.6 is 34.7 Å². The number of rotatable bonds is 6. The molecule has 1 aliphatic heterocycles. The van der Waals surface area contributed by atoms with E-state index in [2.05, 4.69) is 16.5 Å². The number of thiophene rings is 1. The fraction of sp³-hybridized carbons (Fsp3) is 0.231. The molecule has 4 aromatic rings. The first-order valence-corrected chi connectivity index (χ1v) is 13.0. The summed E-state index contributed by atoms with van der Waals surface area (Å²) in [6, 6.07) is 15.5. The van der Waals surface area contributed by atoms with Crippen LogP contribution in [0.25, 0.3) is 26.3 Å². The summed E-state index contributed by atoms with van der Waals surface area (Å²) in [7, 11) is 0. The molecule has 2 aromatic carbocycles. The Kier molecular flexibility index (Phi) is 6.64. The van der Waals surface area contributed by atoms with Crippen LogP contribution in [0.3, 0.4) is 0 Å². The molecule has 2 aromatic heterocycles. The number of aliphatic hydroxyl groups is 1. The van der Waals surface area contributed by atoms with Gasteiger partial charge in [-0.3, -0.25) is 14.3 Å². The number of hydrogen-bond acceptors (Lipinski definition) is 6. The summed E-state index contributed by atoms with van der Waals surface area (Å²) in [5.74, 6) is 0. The molecular weight excluding hydrogens is 486 g/mol. The van der Waals surface area contributed by atoms with Crippen molar-refractivity contribution >= 4 is 44.9 Å². The lowest BCUT2D eigenvalue weighted by Gasteiger charge is -2.17. The molecule has 1 aliphatic rings. The molecule has 8 heteroatoms. The van der Waals surface area contributed by atoms with Crippen molar-refractivity contribution in [1.29, 1.82) is 0 Å². The maximum atomic E-state index is 13.3. The molecule has 0 spiro atoms. The van der Waals surface area contributed by atoms with Crippen molar-refractivity contribution in [2.75, 3.05) is 19.6 Å². The largest absolute Gasteiger partial charge is 0.392 e. The van der Waals surface area contributed by atoms with Gasteiger partial charge in [0.25, 0.3) is 5.56 Å². The Hall–Kier alpha value is -2.42. The van der Waals surface area contributed by atoms with Gasteiger partial charge in [-0.1, -0.05) is 42.1 Å². The topological polar surface area (TPSA) is 58.4 Å². The van der Waals surface area contributed by atoms with Gasteiger partial charge in [0.05, 0.1) is 17.3 Å². The van der Waals surface area contributed by atoms with E-state index in [1.54, 1.807) is 22.7 Å². The number of fused-ring (bicyclic) bond motifs is 1. The van der Waals surface area contributed by atoms with Crippen LogP contribution < -0.4 is 5.56 Å². The molecule has 0 aliphatic carbocycles. The van der Waals surface area contributed by atoms with E-state index in [4.69, 9.17) is 11.6 Å². The Morgan fingerprint density at radius 2 is 2.06 bits per heavy atom. The molecule has 1 N–H and O–H groups in total. The van der Waals surface area contributed by atoms with Gasteiger partial charge >= 0.3 is 0 Å². The van der Waals surface area contributed by atoms with E-state index in [0.717, 1.165) is 51.0 Å². The number of aryl methyl sites for hydroxylation is 1. The Morgan fingerprint density at radius 1 is 1.26 bits per heavy atom. The highest BCUT2D eigenvalue weighted by Gasteiger charge is 2.20. The Balaban J connectivity index is 1.38. The van der Waals surface area contributed by atoms with E-state index in [9.17, 15) is 9.90 Å². The molecule has 5 nitrogen and oxygen atoms in total. The number of nitrogens with zero attached hydrogens (tertiary/aromatic N) is 3. The van der Waals surface area contributed by atoms with Crippen LogP contribution in [-0.4, -0.2) is 45.3 Å². The first kappa shape index (κ1) is 23.3. The maximum absolute atomic E-state index is 13.3. The third-order valence-corrected chi connectivity index (χ3v) is 8.41. The predicted molar refractivity (Wildman–Crippen MR) is 142 cm³/mol. The van der Waals surface area contributed by atoms with Crippen LogP contribution in [0, 0.1) is 6.92 Å². The van der Waals surface area contributed by atoms with Gasteiger partial charge < -0.3 is 5.11 Å². The summed E-state index contributed by atoms with van der Waals surface area (Å²) in [5.41, 5.74) is 3.50. The SMILES string of the molecule is C=C(CN1CC[C@@H](O)C1)Sc1ccc(-n2cnc3cc(-c4ccc(Cl)cc4)sc3c2=O)cc1C. The van der Waals surface area contributed by atoms with Gasteiger partial charge in [0.1, 0.15) is 11.0 Å². The summed E-state index contributed by atoms with van der Waals surface area (Å²) in [5, 5.41) is 10.4. The zero-order valence-electron chi connectivity index (χ0n) is 18.7. The van der Waals surface area contributed by atoms with Gasteiger partial charge in [-0.25, -0.2) is 4.98 Å². The predicted octanol–water partition coefficient (Wildman–Crippen LogP) is 5.75. The zero-order chi connectivity index (χ0) is 23.8. The second-order valence-corrected chi connectivity index (χ2v) is 11.2. The second kappa shape index (κ2) is 9.68. The lowest BCUT2D eigenvalue weighted by molar-refractivity contribution is 0.179. The molecule has 0 saturated carbocycles. The molecule has 34 heavy (non-hydrogen) atoms. The zero-order valence-corrected chi connectivity index (χ0v) is 21.1. The molecule has 174 valence electrons. The highest BCUT2D eigenvalue weighted by Crippen LogP contribution is 2.33. The van der Waals surface area contributed by atoms with Crippen molar-refractivity contribution in [2.45, 2.75) is 24.3 Å². The van der Waals surface area contributed by atoms with Gasteiger partial charge in [-0.15, -0.1) is 11.3 Å². The van der Waals surface area contributed by atoms with Crippen molar-refractivity contribution in [3.05, 3.63) is 87.3 Å². The van der Waals surface area contributed by atoms with Crippen LogP contribution in [0.5, 0.6) is 0 Å². The van der Waals surface area contributed by atoms with Crippen LogP contribution in [0.4, 0.5) is 0 Å². The van der Waals surface area contributed by atoms with Crippen LogP contribution in [0.2, 0.25) is 5.02 Å². The average Bonchev–Trinajstić information content (AvgIpc) is 3.42. The molecule has 0 bridgehead atoms. The van der Waals surface area contributed by atoms with Crippen molar-refractivity contribution in [2.24, 2.45) is 0 Å². The van der Waals surface area contributed by atoms with E-state index in [1.807, 2.05) is 55.5 Å². The highest BCUT2D eigenvalue weighted by atomic mass is 35.5. The summed E-state index contributed by atoms with van der Waals surface area (Å²) < 4.78 is 2.23. The minimum Gasteiger partial charge on any atom is -0.392 e. The quantitative estimate of drug-likeness (QED) is 0.335. The van der Waals surface area contributed by atoms with Crippen molar-refractivity contribution in [3.63, 3.8) is 0 Å². The standard InChI is InChI=1S/C26H24ClN3O2S2/c1-16-11-20(7-8-23(16)33-17(2)13-29-10-9-21(31)14-29)30-15-28-22-12-24(34-25(22)26(30)32)18-3-5-19(27)6-4-18/h3-8,11-12,15,21,31H,2,9-10,13-14H2,1H3/t21-/m1/s1. The molecule has 0 amide bonds. The van der Waals surface area contributed by atoms with E-state index >= 15 is 0 Å². The van der Waals surface area contributed by atoms with Crippen LogP contribution in [-0.2, 0) is 0 Å². The molecule has 0 unspecified atom stereocenters. The summed E-state index contributed by atoms with van der Waals surface area (Å²) >= 11 is 9.09. The third kappa shape index (κ3) is 4.85. The minimum atomic E-state index is -0.228. The molecule has 3 heterocycles. The Labute approximate surface area is 211 Å². The third-order valence-electron chi connectivity index (χ3n) is 5.90. The molecule has 1 fully saturated rings. The van der Waals surface area contributed by atoms with E-state index in [1.165, 1.54) is 11.3 Å². The van der Waals surface area contributed by atoms with E-state index < -0.39 is 0 Å². The number of halogens is 1. The number of benzene rings is 2. The van der Waals surface area contributed by atoms with E-state index in [-0.39, 0.29) is 11.7 Å². The second-order valence-electron chi connectivity index (χ2n) is 8.52. The normalized spacial score (nSPS) is 16.4. The minimum absolute atomic E-state index is 0.0768. The number of aliphatic hydroxyl groups excluding tert-OH is 1. The molecule has 0 radical (unpaired) electrons. The molecule has 1 atom stereocenters. The van der Waals surface area contributed by atoms with E-state index in [0.29, 0.717) is 21.8 Å². The fourth-order valence-electron chi connectivity index (χ4n) is 4.14. The molecular formula is C26H24ClN3O2S2. The van der Waals surface area contributed by atoms with Crippen molar-refractivity contribution in [3.8, 4) is 16.1 Å². The summed E-state index contributed by atoms with van der Waals surface area (Å²) in [4.78, 5) is 23.2. The molecule has 1 saturated heterocycles. The van der Waals surface area contributed by atoms with Gasteiger partial charge in [-0.05, 0) is 65.8 Å². The van der Waals surface area contributed by atoms with Crippen molar-refractivity contribution < 1.29 is 5.11 Å². The smallest absolute Gasteiger partial charge is 0.275 e. The van der Waals surface area contributed by atoms with Crippen molar-refractivity contribution in [1.82, 2.24) is 14.5 Å². The van der Waals surface area contributed by atoms with Gasteiger partial charge in [0.2, 0.25) is 0 Å². The first-order chi connectivity index (χ1) is 16.4. The number of likely N-dealkylation sites (tertiary alicyclic amines) is 1. The summed E-state index contributed by atoms with van der Waals surface area (Å²) in [6.45, 7) is 8.62. The Bertz CT molecular complexity index is 1430. The highest BCUT2D eigenvalue weighted by molar-refractivity contribution is 8.03. The average molecular weight is 510 g/mol. The number of β-amino-alcohol motifs (C(OH)–C–C–N with tert-alkyl or cyclic N) is 1. The van der Waals surface area contributed by atoms with Gasteiger partial charge in [0.15, 0.2) is 0 Å². The lowest BCUT2D eigenvalue weighted by atomic mass is 10.2. The van der Waals surface area contributed by atoms with Gasteiger partial charge in [-0.2, -0.15) is 0 Å². The number of aromatic nitrogens is 2. The Morgan fingerprint density at radius 3 is 2.76 bits per heavy atom. The molecule has 5 rings (SSSR count). The fourth-order valence-corrected chi connectivity index (χ4v) is 6.23. The summed E-state index contributed by atoms with van der Waals surface area (Å²) in [6.07, 6.45) is 2.20. The number of hydrogen-bond donors (Lipinski definition) is 1. The lowest BCUT2D eigenvalue weighted by Crippen LogP contribution is -2.23.